The van der Waals surface area contributed by atoms with Crippen LogP contribution < -0.4 is 15.8 Å². The number of carbonyl (C=O) groups is 1. The minimum absolute atomic E-state index is 0.00160. The lowest BCUT2D eigenvalue weighted by Gasteiger charge is -2.04. The van der Waals surface area contributed by atoms with Crippen LogP contribution in [0.4, 0.5) is 13.2 Å². The summed E-state index contributed by atoms with van der Waals surface area (Å²) >= 11 is 0. The maximum atomic E-state index is 12.9. The zero-order valence-corrected chi connectivity index (χ0v) is 15.3. The van der Waals surface area contributed by atoms with Gasteiger partial charge in [-0.15, -0.1) is 5.10 Å². The number of fused-ring (bicyclic) bond motifs is 2. The van der Waals surface area contributed by atoms with Crippen LogP contribution in [-0.2, 0) is 4.79 Å². The Balaban J connectivity index is 1.85. The van der Waals surface area contributed by atoms with Crippen LogP contribution in [0.25, 0.3) is 34.1 Å². The number of nitrogens with zero attached hydrogens (tertiary/aromatic N) is 4. The summed E-state index contributed by atoms with van der Waals surface area (Å²) in [5.41, 5.74) is -1.53. The molecule has 0 bridgehead atoms. The molecule has 0 aliphatic heterocycles. The average Bonchev–Trinajstić information content (AvgIpc) is 3.11. The minimum atomic E-state index is -5.33. The van der Waals surface area contributed by atoms with Gasteiger partial charge in [0.25, 0.3) is 5.56 Å². The Labute approximate surface area is 169 Å². The maximum absolute atomic E-state index is 12.9. The van der Waals surface area contributed by atoms with Crippen LogP contribution in [0.15, 0.2) is 52.3 Å². The highest BCUT2D eigenvalue weighted by Gasteiger charge is 2.42. The van der Waals surface area contributed by atoms with E-state index in [1.807, 2.05) is 6.07 Å². The predicted molar refractivity (Wildman–Crippen MR) is 103 cm³/mol. The fourth-order valence-corrected chi connectivity index (χ4v) is 2.75. The van der Waals surface area contributed by atoms with Gasteiger partial charge in [0.1, 0.15) is 0 Å². The maximum Gasteiger partial charge on any atom is 0.493 e. The Morgan fingerprint density at radius 1 is 1.13 bits per heavy atom. The lowest BCUT2D eigenvalue weighted by molar-refractivity contribution is -0.201. The average molecular weight is 429 g/mol. The topological polar surface area (TPSA) is 120 Å². The molecule has 0 fully saturated rings. The molecular formula is C19H10F3N5O4. The highest BCUT2D eigenvalue weighted by atomic mass is 19.4. The van der Waals surface area contributed by atoms with Gasteiger partial charge in [0.15, 0.2) is 11.0 Å². The number of carbonyl (C=O) groups excluding carboxylic acids is 1. The lowest BCUT2D eigenvalue weighted by atomic mass is 10.1. The molecule has 0 atom stereocenters. The Morgan fingerprint density at radius 3 is 2.61 bits per heavy atom. The van der Waals surface area contributed by atoms with E-state index in [2.05, 4.69) is 25.1 Å². The summed E-state index contributed by atoms with van der Waals surface area (Å²) in [6, 6.07) is 8.03. The summed E-state index contributed by atoms with van der Waals surface area (Å²) in [5.74, 6) is -2.62. The summed E-state index contributed by atoms with van der Waals surface area (Å²) in [4.78, 5) is 47.0. The molecule has 0 saturated heterocycles. The second-order valence-electron chi connectivity index (χ2n) is 6.24. The van der Waals surface area contributed by atoms with Crippen LogP contribution >= 0.6 is 0 Å². The fourth-order valence-electron chi connectivity index (χ4n) is 2.75. The quantitative estimate of drug-likeness (QED) is 0.493. The molecule has 0 amide bonds. The van der Waals surface area contributed by atoms with Gasteiger partial charge in [-0.25, -0.2) is 4.79 Å². The molecule has 3 aromatic heterocycles. The molecule has 1 aromatic carbocycles. The van der Waals surface area contributed by atoms with Gasteiger partial charge in [0.2, 0.25) is 5.43 Å². The van der Waals surface area contributed by atoms with Crippen LogP contribution in [0.1, 0.15) is 11.1 Å². The Kier molecular flexibility index (Phi) is 4.81. The van der Waals surface area contributed by atoms with Gasteiger partial charge in [-0.3, -0.25) is 14.6 Å². The van der Waals surface area contributed by atoms with Crippen LogP contribution in [-0.4, -0.2) is 37.3 Å². The standard InChI is InChI=1S/C19H10F3N5O4/c20-19(21,22)18(30)31-27-15-14(25-26-27)17(29)24-13-8-10(5-6-12(13)16(15)28)3-4-11-2-1-7-23-9-11/h1-9H,(H,24,29). The third-order valence-electron chi connectivity index (χ3n) is 4.16. The van der Waals surface area contributed by atoms with E-state index in [4.69, 9.17) is 0 Å². The molecule has 0 spiro atoms. The molecule has 0 radical (unpaired) electrons. The monoisotopic (exact) mass is 429 g/mol. The molecule has 0 saturated carbocycles. The number of H-pyrrole nitrogens is 1. The van der Waals surface area contributed by atoms with E-state index in [1.54, 1.807) is 36.7 Å². The van der Waals surface area contributed by atoms with Gasteiger partial charge in [-0.1, -0.05) is 29.1 Å². The number of pyridine rings is 1. The van der Waals surface area contributed by atoms with Crippen molar-refractivity contribution in [3.8, 4) is 0 Å². The second kappa shape index (κ2) is 7.48. The van der Waals surface area contributed by atoms with E-state index < -0.39 is 34.2 Å². The largest absolute Gasteiger partial charge is 0.493 e. The molecular weight excluding hydrogens is 419 g/mol. The number of nitrogens with one attached hydrogen (secondary N) is 1. The summed E-state index contributed by atoms with van der Waals surface area (Å²) in [6.45, 7) is 0. The first-order valence-electron chi connectivity index (χ1n) is 8.57. The third-order valence-corrected chi connectivity index (χ3v) is 4.16. The highest BCUT2D eigenvalue weighted by molar-refractivity contribution is 5.89. The Morgan fingerprint density at radius 2 is 1.90 bits per heavy atom. The predicted octanol–water partition coefficient (Wildman–Crippen LogP) is 1.72. The lowest BCUT2D eigenvalue weighted by Crippen LogP contribution is -2.34. The normalized spacial score (nSPS) is 12.0. The number of hydrogen-bond donors (Lipinski definition) is 1. The van der Waals surface area contributed by atoms with Gasteiger partial charge in [0, 0.05) is 17.8 Å². The summed E-state index contributed by atoms with van der Waals surface area (Å²) in [6.07, 6.45) is 1.42. The van der Waals surface area contributed by atoms with Gasteiger partial charge in [-0.2, -0.15) is 13.2 Å². The van der Waals surface area contributed by atoms with E-state index in [0.29, 0.717) is 5.56 Å². The summed E-state index contributed by atoms with van der Waals surface area (Å²) in [5, 5.41) is 6.51. The van der Waals surface area contributed by atoms with Gasteiger partial charge in [-0.05, 0) is 34.5 Å². The van der Waals surface area contributed by atoms with Crippen molar-refractivity contribution < 1.29 is 22.8 Å². The van der Waals surface area contributed by atoms with Crippen molar-refractivity contribution in [1.82, 2.24) is 25.1 Å². The number of aromatic nitrogens is 5. The molecule has 4 rings (SSSR count). The van der Waals surface area contributed by atoms with Crippen LogP contribution in [0, 0.1) is 0 Å². The summed E-state index contributed by atoms with van der Waals surface area (Å²) in [7, 11) is 0. The van der Waals surface area contributed by atoms with Crippen molar-refractivity contribution in [3.63, 3.8) is 0 Å². The van der Waals surface area contributed by atoms with E-state index in [1.165, 1.54) is 12.1 Å². The van der Waals surface area contributed by atoms with Crippen molar-refractivity contribution in [1.29, 1.82) is 0 Å². The number of halogens is 3. The highest BCUT2D eigenvalue weighted by Crippen LogP contribution is 2.16. The number of alkyl halides is 3. The second-order valence-corrected chi connectivity index (χ2v) is 6.24. The van der Waals surface area contributed by atoms with E-state index in [9.17, 15) is 27.6 Å². The SMILES string of the molecule is O=C(On1nnc2c(=O)[nH]c3cc(C=Cc4cccnc4)ccc3c(=O)c21)C(F)(F)F. The molecule has 3 heterocycles. The molecule has 0 aliphatic carbocycles. The van der Waals surface area contributed by atoms with Crippen LogP contribution in [0.5, 0.6) is 0 Å². The smallest absolute Gasteiger partial charge is 0.320 e. The zero-order chi connectivity index (χ0) is 22.2. The molecule has 12 heteroatoms. The molecule has 1 N–H and O–H groups in total. The molecule has 9 nitrogen and oxygen atoms in total. The molecule has 4 aromatic rings. The van der Waals surface area contributed by atoms with Gasteiger partial charge < -0.3 is 9.82 Å². The Bertz CT molecular complexity index is 1460. The minimum Gasteiger partial charge on any atom is -0.320 e. The molecule has 0 unspecified atom stereocenters. The van der Waals surface area contributed by atoms with Gasteiger partial charge in [0.05, 0.1) is 5.52 Å². The van der Waals surface area contributed by atoms with E-state index in [0.717, 1.165) is 5.56 Å². The number of aromatic amines is 1. The Hall–Kier alpha value is -4.35. The van der Waals surface area contributed by atoms with Gasteiger partial charge >= 0.3 is 12.1 Å². The number of hydrogen-bond acceptors (Lipinski definition) is 7. The van der Waals surface area contributed by atoms with E-state index >= 15 is 0 Å². The van der Waals surface area contributed by atoms with Crippen molar-refractivity contribution >= 4 is 40.1 Å². The zero-order valence-electron chi connectivity index (χ0n) is 15.3. The van der Waals surface area contributed by atoms with Crippen LogP contribution in [0.3, 0.4) is 0 Å². The molecule has 31 heavy (non-hydrogen) atoms. The fraction of sp³-hybridized carbons (Fsp3) is 0.0526. The number of benzene rings is 1. The first-order chi connectivity index (χ1) is 14.7. The van der Waals surface area contributed by atoms with Crippen molar-refractivity contribution in [2.75, 3.05) is 0 Å². The first kappa shape index (κ1) is 19.9. The van der Waals surface area contributed by atoms with Crippen molar-refractivity contribution in [2.45, 2.75) is 6.18 Å². The van der Waals surface area contributed by atoms with Crippen LogP contribution in [0.2, 0.25) is 0 Å². The van der Waals surface area contributed by atoms with Crippen molar-refractivity contribution in [3.05, 3.63) is 74.4 Å². The first-order valence-corrected chi connectivity index (χ1v) is 8.57. The van der Waals surface area contributed by atoms with E-state index in [-0.39, 0.29) is 15.7 Å². The number of rotatable bonds is 3. The van der Waals surface area contributed by atoms with Crippen molar-refractivity contribution in [2.24, 2.45) is 0 Å². The molecule has 0 aliphatic rings. The third kappa shape index (κ3) is 3.90. The molecule has 156 valence electrons. The summed E-state index contributed by atoms with van der Waals surface area (Å²) < 4.78 is 37.5.